The van der Waals surface area contributed by atoms with Gasteiger partial charge in [0.15, 0.2) is 0 Å². The van der Waals surface area contributed by atoms with E-state index in [1.54, 1.807) is 0 Å². The van der Waals surface area contributed by atoms with Crippen molar-refractivity contribution in [3.8, 4) is 0 Å². The second-order valence-electron chi connectivity index (χ2n) is 6.05. The fourth-order valence-corrected chi connectivity index (χ4v) is 3.58. The Morgan fingerprint density at radius 2 is 1.82 bits per heavy atom. The number of rotatable bonds is 5. The second kappa shape index (κ2) is 5.35. The second-order valence-corrected chi connectivity index (χ2v) is 6.05. The predicted octanol–water partition coefficient (Wildman–Crippen LogP) is -0.872. The first-order valence-corrected chi connectivity index (χ1v) is 7.43. The fourth-order valence-electron chi connectivity index (χ4n) is 3.58. The first-order valence-electron chi connectivity index (χ1n) is 7.43. The van der Waals surface area contributed by atoms with Crippen molar-refractivity contribution in [2.24, 2.45) is 11.8 Å². The Hall–Kier alpha value is -1.96. The highest BCUT2D eigenvalue weighted by molar-refractivity contribution is 6.06. The lowest BCUT2D eigenvalue weighted by molar-refractivity contribution is -0.144. The van der Waals surface area contributed by atoms with Crippen LogP contribution in [0.1, 0.15) is 26.2 Å². The molecule has 0 aromatic heterocycles. The molecule has 0 aliphatic carbocycles. The van der Waals surface area contributed by atoms with Gasteiger partial charge < -0.3 is 15.2 Å². The molecule has 2 bridgehead atoms. The van der Waals surface area contributed by atoms with Crippen molar-refractivity contribution < 1.29 is 29.0 Å². The molecule has 3 saturated heterocycles. The van der Waals surface area contributed by atoms with Gasteiger partial charge in [-0.05, 0) is 19.8 Å². The summed E-state index contributed by atoms with van der Waals surface area (Å²) in [5.74, 6) is -2.95. The zero-order valence-corrected chi connectivity index (χ0v) is 12.2. The summed E-state index contributed by atoms with van der Waals surface area (Å²) in [5, 5.41) is 11.0. The monoisotopic (exact) mass is 310 g/mol. The lowest BCUT2D eigenvalue weighted by Gasteiger charge is -2.17. The molecule has 8 heteroatoms. The van der Waals surface area contributed by atoms with E-state index in [0.717, 1.165) is 17.7 Å². The molecule has 0 spiro atoms. The number of aliphatic carboxylic acids is 1. The topological polar surface area (TPSA) is 113 Å². The molecule has 22 heavy (non-hydrogen) atoms. The van der Waals surface area contributed by atoms with Gasteiger partial charge in [-0.3, -0.25) is 24.1 Å². The Morgan fingerprint density at radius 3 is 2.32 bits per heavy atom. The van der Waals surface area contributed by atoms with Gasteiger partial charge in [-0.1, -0.05) is 0 Å². The van der Waals surface area contributed by atoms with Crippen molar-refractivity contribution in [2.45, 2.75) is 44.4 Å². The number of nitrogens with one attached hydrogen (secondary N) is 1. The third-order valence-electron chi connectivity index (χ3n) is 4.69. The summed E-state index contributed by atoms with van der Waals surface area (Å²) in [6, 6.07) is -0.999. The van der Waals surface area contributed by atoms with E-state index in [1.807, 2.05) is 0 Å². The number of carbonyl (C=O) groups is 4. The van der Waals surface area contributed by atoms with E-state index in [1.165, 1.54) is 6.92 Å². The van der Waals surface area contributed by atoms with Gasteiger partial charge in [0.1, 0.15) is 6.04 Å². The standard InChI is InChI=1S/C14H18N2O6/c1-6(14(20)21)15-9(17)4-5-16-12(18)10-7-2-3-8(22-7)11(10)13(16)19/h6-8,10-11H,2-5H2,1H3,(H,15,17)(H,20,21)/t6-,7?,8?,10?,11?/m1/s1. The molecule has 2 N–H and O–H groups in total. The minimum Gasteiger partial charge on any atom is -0.480 e. The zero-order valence-electron chi connectivity index (χ0n) is 12.2. The largest absolute Gasteiger partial charge is 0.480 e. The van der Waals surface area contributed by atoms with Crippen LogP contribution in [-0.4, -0.2) is 58.5 Å². The number of carbonyl (C=O) groups excluding carboxylic acids is 3. The van der Waals surface area contributed by atoms with Crippen LogP contribution < -0.4 is 5.32 Å². The summed E-state index contributed by atoms with van der Waals surface area (Å²) in [7, 11) is 0. The molecule has 0 aromatic rings. The Bertz CT molecular complexity index is 519. The van der Waals surface area contributed by atoms with Crippen LogP contribution in [-0.2, 0) is 23.9 Å². The molecule has 0 radical (unpaired) electrons. The first-order chi connectivity index (χ1) is 10.4. The highest BCUT2D eigenvalue weighted by Gasteiger charge is 2.62. The van der Waals surface area contributed by atoms with Crippen LogP contribution >= 0.6 is 0 Å². The highest BCUT2D eigenvalue weighted by Crippen LogP contribution is 2.48. The van der Waals surface area contributed by atoms with Gasteiger partial charge in [0, 0.05) is 13.0 Å². The van der Waals surface area contributed by atoms with Gasteiger partial charge in [0.05, 0.1) is 24.0 Å². The number of amides is 3. The van der Waals surface area contributed by atoms with Gasteiger partial charge in [0.25, 0.3) is 0 Å². The smallest absolute Gasteiger partial charge is 0.325 e. The van der Waals surface area contributed by atoms with Crippen molar-refractivity contribution in [1.82, 2.24) is 10.2 Å². The molecule has 3 aliphatic heterocycles. The normalized spacial score (nSPS) is 34.0. The molecule has 0 saturated carbocycles. The van der Waals surface area contributed by atoms with Crippen molar-refractivity contribution in [3.63, 3.8) is 0 Å². The molecule has 0 aromatic carbocycles. The van der Waals surface area contributed by atoms with E-state index in [2.05, 4.69) is 5.32 Å². The number of hydrogen-bond acceptors (Lipinski definition) is 5. The maximum absolute atomic E-state index is 12.3. The average molecular weight is 310 g/mol. The summed E-state index contributed by atoms with van der Waals surface area (Å²) in [6.07, 6.45) is 1.17. The fraction of sp³-hybridized carbons (Fsp3) is 0.714. The third kappa shape index (κ3) is 2.27. The maximum Gasteiger partial charge on any atom is 0.325 e. The number of carboxylic acids is 1. The molecule has 3 fully saturated rings. The quantitative estimate of drug-likeness (QED) is 0.638. The number of imide groups is 1. The highest BCUT2D eigenvalue weighted by atomic mass is 16.5. The summed E-state index contributed by atoms with van der Waals surface area (Å²) in [4.78, 5) is 48.1. The SMILES string of the molecule is C[C@@H](NC(=O)CCN1C(=O)C2C3CCC(O3)C2C1=O)C(=O)O. The van der Waals surface area contributed by atoms with Crippen LogP contribution in [0.25, 0.3) is 0 Å². The number of ether oxygens (including phenoxy) is 1. The van der Waals surface area contributed by atoms with E-state index in [4.69, 9.17) is 9.84 Å². The van der Waals surface area contributed by atoms with E-state index in [9.17, 15) is 19.2 Å². The van der Waals surface area contributed by atoms with E-state index < -0.39 is 29.8 Å². The van der Waals surface area contributed by atoms with Crippen LogP contribution in [0.4, 0.5) is 0 Å². The lowest BCUT2D eigenvalue weighted by Crippen LogP contribution is -2.41. The minimum atomic E-state index is -1.13. The molecule has 4 unspecified atom stereocenters. The van der Waals surface area contributed by atoms with Gasteiger partial charge in [-0.15, -0.1) is 0 Å². The molecule has 8 nitrogen and oxygen atoms in total. The Morgan fingerprint density at radius 1 is 1.27 bits per heavy atom. The number of carboxylic acid groups (broad SMARTS) is 1. The molecular formula is C14H18N2O6. The van der Waals surface area contributed by atoms with E-state index in [-0.39, 0.29) is 37.0 Å². The van der Waals surface area contributed by atoms with Crippen molar-refractivity contribution in [3.05, 3.63) is 0 Å². The lowest BCUT2D eigenvalue weighted by atomic mass is 9.81. The summed E-state index contributed by atoms with van der Waals surface area (Å²) in [6.45, 7) is 1.34. The summed E-state index contributed by atoms with van der Waals surface area (Å²) in [5.41, 5.74) is 0. The first kappa shape index (κ1) is 15.0. The molecule has 3 amide bonds. The molecular weight excluding hydrogens is 292 g/mol. The Kier molecular flexibility index (Phi) is 3.64. The van der Waals surface area contributed by atoms with Crippen LogP contribution in [0.15, 0.2) is 0 Å². The van der Waals surface area contributed by atoms with Crippen LogP contribution in [0.2, 0.25) is 0 Å². The van der Waals surface area contributed by atoms with E-state index in [0.29, 0.717) is 0 Å². The maximum atomic E-state index is 12.3. The van der Waals surface area contributed by atoms with Crippen molar-refractivity contribution in [2.75, 3.05) is 6.54 Å². The summed E-state index contributed by atoms with van der Waals surface area (Å²) >= 11 is 0. The Balaban J connectivity index is 1.58. The van der Waals surface area contributed by atoms with Gasteiger partial charge in [-0.25, -0.2) is 0 Å². The van der Waals surface area contributed by atoms with Crippen LogP contribution in [0, 0.1) is 11.8 Å². The van der Waals surface area contributed by atoms with Crippen LogP contribution in [0.3, 0.4) is 0 Å². The Labute approximate surface area is 126 Å². The third-order valence-corrected chi connectivity index (χ3v) is 4.69. The van der Waals surface area contributed by atoms with E-state index >= 15 is 0 Å². The van der Waals surface area contributed by atoms with Gasteiger partial charge >= 0.3 is 5.97 Å². The predicted molar refractivity (Wildman–Crippen MR) is 71.5 cm³/mol. The zero-order chi connectivity index (χ0) is 16.0. The van der Waals surface area contributed by atoms with Gasteiger partial charge in [-0.2, -0.15) is 0 Å². The molecule has 3 rings (SSSR count). The van der Waals surface area contributed by atoms with Crippen LogP contribution in [0.5, 0.6) is 0 Å². The molecule has 3 heterocycles. The number of fused-ring (bicyclic) bond motifs is 5. The van der Waals surface area contributed by atoms with Crippen molar-refractivity contribution in [1.29, 1.82) is 0 Å². The molecule has 120 valence electrons. The van der Waals surface area contributed by atoms with Gasteiger partial charge in [0.2, 0.25) is 17.7 Å². The molecule has 3 aliphatic rings. The number of likely N-dealkylation sites (tertiary alicyclic amines) is 1. The number of hydrogen-bond donors (Lipinski definition) is 2. The molecule has 5 atom stereocenters. The number of nitrogens with zero attached hydrogens (tertiary/aromatic N) is 1. The minimum absolute atomic E-state index is 0.0116. The van der Waals surface area contributed by atoms with Crippen molar-refractivity contribution >= 4 is 23.7 Å². The average Bonchev–Trinajstić information content (AvgIpc) is 3.12. The summed E-state index contributed by atoms with van der Waals surface area (Å²) < 4.78 is 5.62.